The lowest BCUT2D eigenvalue weighted by Gasteiger charge is -2.18. The zero-order chi connectivity index (χ0) is 14.5. The summed E-state index contributed by atoms with van der Waals surface area (Å²) in [6.07, 6.45) is 1.77. The molecular weight excluding hydrogens is 270 g/mol. The van der Waals surface area contributed by atoms with E-state index in [0.717, 1.165) is 10.7 Å². The molecule has 0 fully saturated rings. The molecule has 0 bridgehead atoms. The maximum Gasteiger partial charge on any atom is 0.241 e. The Bertz CT molecular complexity index is 551. The third kappa shape index (κ3) is 3.88. The zero-order valence-electron chi connectivity index (χ0n) is 11.9. The van der Waals surface area contributed by atoms with E-state index in [4.69, 9.17) is 0 Å². The number of nitrogens with one attached hydrogen (secondary N) is 2. The van der Waals surface area contributed by atoms with E-state index < -0.39 is 0 Å². The Balaban J connectivity index is 1.90. The van der Waals surface area contributed by atoms with Crippen molar-refractivity contribution in [2.45, 2.75) is 32.9 Å². The quantitative estimate of drug-likeness (QED) is 0.889. The topological polar surface area (TPSA) is 54.0 Å². The summed E-state index contributed by atoms with van der Waals surface area (Å²) >= 11 is 1.58. The molecule has 1 aromatic carbocycles. The van der Waals surface area contributed by atoms with Crippen LogP contribution in [0.15, 0.2) is 35.8 Å². The van der Waals surface area contributed by atoms with Crippen molar-refractivity contribution in [1.82, 2.24) is 10.3 Å². The molecular formula is C15H19N3OS. The second kappa shape index (κ2) is 6.63. The zero-order valence-corrected chi connectivity index (χ0v) is 12.7. The fourth-order valence-corrected chi connectivity index (χ4v) is 2.51. The molecule has 2 rings (SSSR count). The minimum atomic E-state index is -0.282. The normalized spacial score (nSPS) is 13.8. The van der Waals surface area contributed by atoms with Crippen LogP contribution in [0.3, 0.4) is 0 Å². The van der Waals surface area contributed by atoms with Crippen molar-refractivity contribution in [3.05, 3.63) is 46.4 Å². The molecule has 0 aliphatic rings. The van der Waals surface area contributed by atoms with Crippen LogP contribution >= 0.6 is 11.3 Å². The second-order valence-corrected chi connectivity index (χ2v) is 5.76. The molecule has 0 saturated heterocycles. The van der Waals surface area contributed by atoms with Crippen LogP contribution < -0.4 is 10.6 Å². The van der Waals surface area contributed by atoms with Gasteiger partial charge in [0.05, 0.1) is 12.1 Å². The smallest absolute Gasteiger partial charge is 0.241 e. The largest absolute Gasteiger partial charge is 0.325 e. The number of nitrogens with zero attached hydrogens (tertiary/aromatic N) is 1. The average molecular weight is 289 g/mol. The summed E-state index contributed by atoms with van der Waals surface area (Å²) in [4.78, 5) is 16.4. The van der Waals surface area contributed by atoms with Crippen molar-refractivity contribution >= 4 is 22.9 Å². The van der Waals surface area contributed by atoms with E-state index >= 15 is 0 Å². The number of rotatable bonds is 5. The van der Waals surface area contributed by atoms with Crippen molar-refractivity contribution < 1.29 is 4.79 Å². The molecule has 4 nitrogen and oxygen atoms in total. The number of aromatic nitrogens is 1. The van der Waals surface area contributed by atoms with E-state index in [1.165, 1.54) is 5.56 Å². The van der Waals surface area contributed by atoms with Crippen LogP contribution in [0.4, 0.5) is 5.69 Å². The Labute approximate surface area is 123 Å². The monoisotopic (exact) mass is 289 g/mol. The molecule has 0 aliphatic heterocycles. The lowest BCUT2D eigenvalue weighted by Crippen LogP contribution is -2.39. The molecule has 1 heterocycles. The first-order valence-electron chi connectivity index (χ1n) is 6.59. The first-order chi connectivity index (χ1) is 9.56. The molecule has 2 atom stereocenters. The third-order valence-corrected chi connectivity index (χ3v) is 3.99. The van der Waals surface area contributed by atoms with Gasteiger partial charge in [0, 0.05) is 17.3 Å². The standard InChI is InChI=1S/C15H19N3OS/c1-10-4-6-13(7-5-10)18-14(19)11(2)17-12(3)15-16-8-9-20-15/h4-9,11-12,17H,1-3H3,(H,18,19). The van der Waals surface area contributed by atoms with Crippen molar-refractivity contribution in [3.8, 4) is 0 Å². The summed E-state index contributed by atoms with van der Waals surface area (Å²) in [7, 11) is 0. The molecule has 0 aliphatic carbocycles. The number of carbonyl (C=O) groups is 1. The van der Waals surface area contributed by atoms with Gasteiger partial charge in [0.2, 0.25) is 5.91 Å². The van der Waals surface area contributed by atoms with E-state index in [9.17, 15) is 4.79 Å². The van der Waals surface area contributed by atoms with Gasteiger partial charge >= 0.3 is 0 Å². The average Bonchev–Trinajstić information content (AvgIpc) is 2.95. The predicted molar refractivity (Wildman–Crippen MR) is 82.9 cm³/mol. The number of hydrogen-bond acceptors (Lipinski definition) is 4. The van der Waals surface area contributed by atoms with Gasteiger partial charge in [0.1, 0.15) is 5.01 Å². The third-order valence-electron chi connectivity index (χ3n) is 3.03. The van der Waals surface area contributed by atoms with Gasteiger partial charge in [-0.1, -0.05) is 17.7 Å². The van der Waals surface area contributed by atoms with Gasteiger partial charge in [-0.05, 0) is 32.9 Å². The van der Waals surface area contributed by atoms with Gasteiger partial charge in [-0.3, -0.25) is 10.1 Å². The van der Waals surface area contributed by atoms with E-state index in [1.807, 2.05) is 50.4 Å². The molecule has 1 aromatic heterocycles. The summed E-state index contributed by atoms with van der Waals surface area (Å²) < 4.78 is 0. The first kappa shape index (κ1) is 14.7. The Morgan fingerprint density at radius 3 is 2.55 bits per heavy atom. The molecule has 2 aromatic rings. The van der Waals surface area contributed by atoms with Crippen LogP contribution in [0, 0.1) is 6.92 Å². The number of carbonyl (C=O) groups excluding carboxylic acids is 1. The lowest BCUT2D eigenvalue weighted by molar-refractivity contribution is -0.117. The lowest BCUT2D eigenvalue weighted by atomic mass is 10.2. The highest BCUT2D eigenvalue weighted by atomic mass is 32.1. The molecule has 106 valence electrons. The van der Waals surface area contributed by atoms with Crippen LogP contribution in [-0.4, -0.2) is 16.9 Å². The van der Waals surface area contributed by atoms with E-state index in [-0.39, 0.29) is 18.0 Å². The van der Waals surface area contributed by atoms with Crippen molar-refractivity contribution in [1.29, 1.82) is 0 Å². The van der Waals surface area contributed by atoms with Crippen LogP contribution in [0.1, 0.15) is 30.5 Å². The Hall–Kier alpha value is -1.72. The molecule has 2 unspecified atom stereocenters. The van der Waals surface area contributed by atoms with Crippen LogP contribution in [-0.2, 0) is 4.79 Å². The van der Waals surface area contributed by atoms with Crippen LogP contribution in [0.5, 0.6) is 0 Å². The fraction of sp³-hybridized carbons (Fsp3) is 0.333. The maximum atomic E-state index is 12.1. The number of hydrogen-bond donors (Lipinski definition) is 2. The highest BCUT2D eigenvalue weighted by Crippen LogP contribution is 2.16. The Morgan fingerprint density at radius 1 is 1.25 bits per heavy atom. The number of anilines is 1. The maximum absolute atomic E-state index is 12.1. The minimum absolute atomic E-state index is 0.0442. The summed E-state index contributed by atoms with van der Waals surface area (Å²) in [5.74, 6) is -0.0442. The van der Waals surface area contributed by atoms with Gasteiger partial charge in [0.25, 0.3) is 0 Å². The Morgan fingerprint density at radius 2 is 1.95 bits per heavy atom. The number of aryl methyl sites for hydroxylation is 1. The van der Waals surface area contributed by atoms with Gasteiger partial charge in [-0.25, -0.2) is 4.98 Å². The van der Waals surface area contributed by atoms with Crippen LogP contribution in [0.2, 0.25) is 0 Å². The van der Waals surface area contributed by atoms with E-state index in [2.05, 4.69) is 15.6 Å². The van der Waals surface area contributed by atoms with Gasteiger partial charge < -0.3 is 5.32 Å². The number of thiazole rings is 1. The molecule has 0 radical (unpaired) electrons. The summed E-state index contributed by atoms with van der Waals surface area (Å²) in [6, 6.07) is 7.55. The highest BCUT2D eigenvalue weighted by molar-refractivity contribution is 7.09. The molecule has 20 heavy (non-hydrogen) atoms. The van der Waals surface area contributed by atoms with Gasteiger partial charge in [0.15, 0.2) is 0 Å². The Kier molecular flexibility index (Phi) is 4.87. The summed E-state index contributed by atoms with van der Waals surface area (Å²) in [6.45, 7) is 5.88. The highest BCUT2D eigenvalue weighted by Gasteiger charge is 2.17. The number of benzene rings is 1. The molecule has 0 spiro atoms. The first-order valence-corrected chi connectivity index (χ1v) is 7.47. The van der Waals surface area contributed by atoms with Crippen molar-refractivity contribution in [3.63, 3.8) is 0 Å². The van der Waals surface area contributed by atoms with Crippen LogP contribution in [0.25, 0.3) is 0 Å². The second-order valence-electron chi connectivity index (χ2n) is 4.84. The predicted octanol–water partition coefficient (Wildman–Crippen LogP) is 3.13. The van der Waals surface area contributed by atoms with Gasteiger partial charge in [-0.15, -0.1) is 11.3 Å². The number of amides is 1. The van der Waals surface area contributed by atoms with Crippen molar-refractivity contribution in [2.75, 3.05) is 5.32 Å². The van der Waals surface area contributed by atoms with Gasteiger partial charge in [-0.2, -0.15) is 0 Å². The van der Waals surface area contributed by atoms with E-state index in [1.54, 1.807) is 17.5 Å². The molecule has 5 heteroatoms. The summed E-state index contributed by atoms with van der Waals surface area (Å²) in [5, 5.41) is 9.07. The van der Waals surface area contributed by atoms with Crippen molar-refractivity contribution in [2.24, 2.45) is 0 Å². The van der Waals surface area contributed by atoms with E-state index in [0.29, 0.717) is 0 Å². The molecule has 0 saturated carbocycles. The SMILES string of the molecule is Cc1ccc(NC(=O)C(C)NC(C)c2nccs2)cc1. The summed E-state index contributed by atoms with van der Waals surface area (Å²) in [5.41, 5.74) is 1.99. The molecule has 1 amide bonds. The fourth-order valence-electron chi connectivity index (χ4n) is 1.86. The minimum Gasteiger partial charge on any atom is -0.325 e. The molecule has 2 N–H and O–H groups in total.